The molecule has 10 heteroatoms. The number of alkyl halides is 5. The van der Waals surface area contributed by atoms with Crippen LogP contribution in [-0.2, 0) is 6.18 Å². The predicted molar refractivity (Wildman–Crippen MR) is 88.2 cm³/mol. The van der Waals surface area contributed by atoms with Crippen LogP contribution in [0, 0.1) is 11.3 Å². The molecule has 0 saturated heterocycles. The van der Waals surface area contributed by atoms with Gasteiger partial charge in [0, 0.05) is 17.3 Å². The summed E-state index contributed by atoms with van der Waals surface area (Å²) in [5.74, 6) is 0. The minimum absolute atomic E-state index is 0.00635. The molecule has 0 bridgehead atoms. The Morgan fingerprint density at radius 1 is 1.11 bits per heavy atom. The Bertz CT molecular complexity index is 1110. The van der Waals surface area contributed by atoms with E-state index in [9.17, 15) is 26.7 Å². The smallest absolute Gasteiger partial charge is 0.305 e. The molecule has 0 unspecified atom stereocenters. The van der Waals surface area contributed by atoms with Crippen molar-refractivity contribution in [2.75, 3.05) is 0 Å². The first-order chi connectivity index (χ1) is 13.2. The molecule has 0 radical (unpaired) electrons. The van der Waals surface area contributed by atoms with Gasteiger partial charge in [0.15, 0.2) is 0 Å². The molecule has 0 aliphatic heterocycles. The maximum atomic E-state index is 13.3. The second-order valence-corrected chi connectivity index (χ2v) is 5.63. The first kappa shape index (κ1) is 19.2. The van der Waals surface area contributed by atoms with Crippen molar-refractivity contribution in [1.29, 1.82) is 5.26 Å². The Morgan fingerprint density at radius 3 is 2.36 bits per heavy atom. The Balaban J connectivity index is 2.13. The van der Waals surface area contributed by atoms with E-state index in [0.29, 0.717) is 0 Å². The molecule has 3 rings (SSSR count). The molecular formula is C18H9F5N4O. The third-order valence-electron chi connectivity index (χ3n) is 3.80. The molecular weight excluding hydrogens is 383 g/mol. The number of hydrogen-bond donors (Lipinski definition) is 1. The van der Waals surface area contributed by atoms with E-state index >= 15 is 0 Å². The number of aromatic nitrogens is 3. The van der Waals surface area contributed by atoms with Crippen LogP contribution in [0.4, 0.5) is 22.0 Å². The predicted octanol–water partition coefficient (Wildman–Crippen LogP) is 4.33. The summed E-state index contributed by atoms with van der Waals surface area (Å²) in [7, 11) is 0. The summed E-state index contributed by atoms with van der Waals surface area (Å²) < 4.78 is 64.6. The number of aromatic amines is 1. The van der Waals surface area contributed by atoms with Crippen molar-refractivity contribution >= 4 is 0 Å². The van der Waals surface area contributed by atoms with Crippen molar-refractivity contribution < 1.29 is 22.0 Å². The van der Waals surface area contributed by atoms with Crippen LogP contribution in [0.5, 0.6) is 0 Å². The SMILES string of the molecule is N#Cc1cnc(C(F)F)c(-c2cc(-c3ccc(C(F)(F)F)cc3)nc(=O)[nH]2)c1. The lowest BCUT2D eigenvalue weighted by molar-refractivity contribution is -0.137. The summed E-state index contributed by atoms with van der Waals surface area (Å²) in [6.45, 7) is 0. The second-order valence-electron chi connectivity index (χ2n) is 5.63. The maximum Gasteiger partial charge on any atom is 0.416 e. The standard InChI is InChI=1S/C18H9F5N4O/c19-16(20)15-12(5-9(7-24)8-25-15)14-6-13(26-17(28)27-14)10-1-3-11(4-2-10)18(21,22)23/h1-6,8,16H,(H,26,27,28). The molecule has 1 N–H and O–H groups in total. The van der Waals surface area contributed by atoms with Crippen molar-refractivity contribution in [2.24, 2.45) is 0 Å². The van der Waals surface area contributed by atoms with E-state index in [1.807, 2.05) is 0 Å². The number of nitrogens with one attached hydrogen (secondary N) is 1. The number of H-pyrrole nitrogens is 1. The summed E-state index contributed by atoms with van der Waals surface area (Å²) in [4.78, 5) is 21.4. The van der Waals surface area contributed by atoms with Crippen LogP contribution < -0.4 is 5.69 Å². The first-order valence-corrected chi connectivity index (χ1v) is 7.66. The van der Waals surface area contributed by atoms with Crippen molar-refractivity contribution in [1.82, 2.24) is 15.0 Å². The van der Waals surface area contributed by atoms with E-state index in [0.717, 1.165) is 36.5 Å². The first-order valence-electron chi connectivity index (χ1n) is 7.66. The number of hydrogen-bond acceptors (Lipinski definition) is 4. The lowest BCUT2D eigenvalue weighted by Crippen LogP contribution is -2.13. The number of rotatable bonds is 3. The van der Waals surface area contributed by atoms with Gasteiger partial charge in [-0.15, -0.1) is 0 Å². The zero-order valence-corrected chi connectivity index (χ0v) is 13.8. The van der Waals surface area contributed by atoms with Gasteiger partial charge in [0.2, 0.25) is 0 Å². The number of pyridine rings is 1. The van der Waals surface area contributed by atoms with Gasteiger partial charge in [0.05, 0.1) is 22.5 Å². The number of nitriles is 1. The molecule has 0 aliphatic rings. The molecule has 0 aliphatic carbocycles. The van der Waals surface area contributed by atoms with Crippen molar-refractivity contribution in [3.8, 4) is 28.6 Å². The summed E-state index contributed by atoms with van der Waals surface area (Å²) in [6, 6.07) is 8.00. The summed E-state index contributed by atoms with van der Waals surface area (Å²) >= 11 is 0. The molecule has 0 amide bonds. The molecule has 1 aromatic carbocycles. The average molecular weight is 392 g/mol. The molecule has 0 fully saturated rings. The van der Waals surface area contributed by atoms with E-state index in [1.54, 1.807) is 6.07 Å². The highest BCUT2D eigenvalue weighted by molar-refractivity contribution is 5.70. The second kappa shape index (κ2) is 7.19. The van der Waals surface area contributed by atoms with Gasteiger partial charge in [-0.3, -0.25) is 4.98 Å². The van der Waals surface area contributed by atoms with Crippen LogP contribution >= 0.6 is 0 Å². The highest BCUT2D eigenvalue weighted by atomic mass is 19.4. The molecule has 28 heavy (non-hydrogen) atoms. The van der Waals surface area contributed by atoms with Gasteiger partial charge in [0.25, 0.3) is 6.43 Å². The molecule has 142 valence electrons. The van der Waals surface area contributed by atoms with E-state index in [2.05, 4.69) is 15.0 Å². The van der Waals surface area contributed by atoms with E-state index in [1.165, 1.54) is 6.07 Å². The number of benzene rings is 1. The normalized spacial score (nSPS) is 11.5. The maximum absolute atomic E-state index is 13.3. The minimum atomic E-state index is -4.53. The molecule has 2 aromatic heterocycles. The van der Waals surface area contributed by atoms with Crippen LogP contribution in [0.15, 0.2) is 47.4 Å². The lowest BCUT2D eigenvalue weighted by atomic mass is 10.0. The van der Waals surface area contributed by atoms with Gasteiger partial charge >= 0.3 is 11.9 Å². The Hall–Kier alpha value is -3.61. The van der Waals surface area contributed by atoms with E-state index in [4.69, 9.17) is 5.26 Å². The molecule has 3 aromatic rings. The molecule has 2 heterocycles. The fraction of sp³-hybridized carbons (Fsp3) is 0.111. The van der Waals surface area contributed by atoms with Crippen LogP contribution in [0.3, 0.4) is 0 Å². The van der Waals surface area contributed by atoms with Crippen LogP contribution in [-0.4, -0.2) is 15.0 Å². The zero-order chi connectivity index (χ0) is 20.5. The summed E-state index contributed by atoms with van der Waals surface area (Å²) in [5.41, 5.74) is -2.54. The van der Waals surface area contributed by atoms with Crippen LogP contribution in [0.1, 0.15) is 23.2 Å². The number of nitrogens with zero attached hydrogens (tertiary/aromatic N) is 3. The Labute approximate surface area is 154 Å². The highest BCUT2D eigenvalue weighted by Crippen LogP contribution is 2.32. The topological polar surface area (TPSA) is 82.4 Å². The Kier molecular flexibility index (Phi) is 4.92. The zero-order valence-electron chi connectivity index (χ0n) is 13.8. The van der Waals surface area contributed by atoms with Gasteiger partial charge in [-0.05, 0) is 24.3 Å². The Morgan fingerprint density at radius 2 is 1.79 bits per heavy atom. The summed E-state index contributed by atoms with van der Waals surface area (Å²) in [6.07, 6.45) is -6.53. The molecule has 0 spiro atoms. The summed E-state index contributed by atoms with van der Waals surface area (Å²) in [5, 5.41) is 8.96. The van der Waals surface area contributed by atoms with Gasteiger partial charge in [0.1, 0.15) is 11.8 Å². The van der Waals surface area contributed by atoms with Gasteiger partial charge in [-0.2, -0.15) is 23.4 Å². The quantitative estimate of drug-likeness (QED) is 0.673. The van der Waals surface area contributed by atoms with Crippen LogP contribution in [0.2, 0.25) is 0 Å². The average Bonchev–Trinajstić information content (AvgIpc) is 2.66. The van der Waals surface area contributed by atoms with Crippen molar-refractivity contribution in [3.05, 3.63) is 69.9 Å². The fourth-order valence-electron chi connectivity index (χ4n) is 2.51. The molecule has 0 atom stereocenters. The van der Waals surface area contributed by atoms with Gasteiger partial charge in [-0.1, -0.05) is 12.1 Å². The molecule has 0 saturated carbocycles. The monoisotopic (exact) mass is 392 g/mol. The van der Waals surface area contributed by atoms with Crippen LogP contribution in [0.25, 0.3) is 22.5 Å². The van der Waals surface area contributed by atoms with Crippen molar-refractivity contribution in [3.63, 3.8) is 0 Å². The molecule has 5 nitrogen and oxygen atoms in total. The largest absolute Gasteiger partial charge is 0.416 e. The fourth-order valence-corrected chi connectivity index (χ4v) is 2.51. The third kappa shape index (κ3) is 3.88. The van der Waals surface area contributed by atoms with E-state index < -0.39 is 29.5 Å². The lowest BCUT2D eigenvalue weighted by Gasteiger charge is -2.10. The number of halogens is 5. The minimum Gasteiger partial charge on any atom is -0.305 e. The van der Waals surface area contributed by atoms with Crippen molar-refractivity contribution in [2.45, 2.75) is 12.6 Å². The highest BCUT2D eigenvalue weighted by Gasteiger charge is 2.30. The van der Waals surface area contributed by atoms with Gasteiger partial charge < -0.3 is 4.98 Å². The third-order valence-corrected chi connectivity index (χ3v) is 3.80. The van der Waals surface area contributed by atoms with Gasteiger partial charge in [-0.25, -0.2) is 13.6 Å². The van der Waals surface area contributed by atoms with E-state index in [-0.39, 0.29) is 28.1 Å².